The fraction of sp³-hybridized carbons (Fsp3) is 0.0588. The van der Waals surface area contributed by atoms with Crippen molar-refractivity contribution in [2.45, 2.75) is 5.38 Å². The fourth-order valence-electron chi connectivity index (χ4n) is 2.21. The molecule has 0 amide bonds. The zero-order chi connectivity index (χ0) is 15.5. The fourth-order valence-corrected chi connectivity index (χ4v) is 2.46. The average Bonchev–Trinajstić information content (AvgIpc) is 2.99. The molecule has 0 aliphatic rings. The number of allylic oxidation sites excluding steroid dienone is 2. The van der Waals surface area contributed by atoms with Crippen LogP contribution in [0, 0.1) is 11.3 Å². The van der Waals surface area contributed by atoms with Crippen LogP contribution in [0.15, 0.2) is 60.4 Å². The number of aliphatic hydroxyl groups is 1. The zero-order valence-electron chi connectivity index (χ0n) is 11.5. The summed E-state index contributed by atoms with van der Waals surface area (Å²) < 4.78 is 0. The number of nitrogens with zero attached hydrogens (tertiary/aromatic N) is 2. The van der Waals surface area contributed by atoms with E-state index in [-0.39, 0.29) is 11.3 Å². The molecule has 5 heteroatoms. The highest BCUT2D eigenvalue weighted by atomic mass is 35.5. The molecule has 0 aliphatic carbocycles. The van der Waals surface area contributed by atoms with Gasteiger partial charge in [0.1, 0.15) is 22.8 Å². The van der Waals surface area contributed by atoms with Crippen molar-refractivity contribution < 1.29 is 5.11 Å². The molecular formula is C17H12ClN3O. The average molecular weight is 310 g/mol. The maximum Gasteiger partial charge on any atom is 0.152 e. The number of fused-ring (bicyclic) bond motifs is 1. The van der Waals surface area contributed by atoms with Gasteiger partial charge in [0, 0.05) is 0 Å². The van der Waals surface area contributed by atoms with E-state index in [2.05, 4.69) is 9.97 Å². The van der Waals surface area contributed by atoms with E-state index in [1.807, 2.05) is 48.5 Å². The second kappa shape index (κ2) is 5.92. The molecule has 0 radical (unpaired) electrons. The van der Waals surface area contributed by atoms with Crippen LogP contribution in [0.1, 0.15) is 16.8 Å². The van der Waals surface area contributed by atoms with Gasteiger partial charge < -0.3 is 10.1 Å². The first kappa shape index (κ1) is 14.2. The quantitative estimate of drug-likeness (QED) is 0.429. The molecule has 108 valence electrons. The Balaban J connectivity index is 2.07. The molecule has 2 N–H and O–H groups in total. The van der Waals surface area contributed by atoms with Crippen LogP contribution >= 0.6 is 11.6 Å². The Bertz CT molecular complexity index is 845. The van der Waals surface area contributed by atoms with Crippen molar-refractivity contribution in [1.29, 1.82) is 5.26 Å². The molecule has 0 bridgehead atoms. The van der Waals surface area contributed by atoms with Crippen LogP contribution in [0.25, 0.3) is 16.6 Å². The number of aromatic amines is 1. The smallest absolute Gasteiger partial charge is 0.152 e. The third-order valence-corrected chi connectivity index (χ3v) is 3.79. The zero-order valence-corrected chi connectivity index (χ0v) is 12.2. The number of para-hydroxylation sites is 2. The molecule has 3 aromatic rings. The Kier molecular flexibility index (Phi) is 3.82. The van der Waals surface area contributed by atoms with Crippen molar-refractivity contribution >= 4 is 28.2 Å². The summed E-state index contributed by atoms with van der Waals surface area (Å²) in [5.41, 5.74) is 2.28. The highest BCUT2D eigenvalue weighted by Crippen LogP contribution is 2.31. The summed E-state index contributed by atoms with van der Waals surface area (Å²) in [5.74, 6) is 0.0946. The summed E-state index contributed by atoms with van der Waals surface area (Å²) in [7, 11) is 0. The molecule has 3 rings (SSSR count). The minimum absolute atomic E-state index is 0.0417. The van der Waals surface area contributed by atoms with Gasteiger partial charge in [-0.1, -0.05) is 42.5 Å². The minimum Gasteiger partial charge on any atom is -0.509 e. The summed E-state index contributed by atoms with van der Waals surface area (Å²) in [6.07, 6.45) is 0. The molecule has 1 atom stereocenters. The summed E-state index contributed by atoms with van der Waals surface area (Å²) in [5, 5.41) is 19.0. The van der Waals surface area contributed by atoms with Gasteiger partial charge in [-0.25, -0.2) is 4.98 Å². The maximum atomic E-state index is 10.4. The predicted molar refractivity (Wildman–Crippen MR) is 86.3 cm³/mol. The van der Waals surface area contributed by atoms with Crippen molar-refractivity contribution in [3.05, 3.63) is 71.7 Å². The number of hydrogen-bond donors (Lipinski definition) is 2. The van der Waals surface area contributed by atoms with E-state index in [9.17, 15) is 10.4 Å². The normalized spacial score (nSPS) is 13.5. The van der Waals surface area contributed by atoms with Crippen molar-refractivity contribution in [2.24, 2.45) is 0 Å². The van der Waals surface area contributed by atoms with Crippen molar-refractivity contribution in [1.82, 2.24) is 9.97 Å². The lowest BCUT2D eigenvalue weighted by molar-refractivity contribution is 0.397. The van der Waals surface area contributed by atoms with E-state index < -0.39 is 5.38 Å². The van der Waals surface area contributed by atoms with Crippen LogP contribution in [0.2, 0.25) is 0 Å². The lowest BCUT2D eigenvalue weighted by Gasteiger charge is -2.10. The van der Waals surface area contributed by atoms with Gasteiger partial charge in [0.15, 0.2) is 5.82 Å². The Morgan fingerprint density at radius 2 is 1.82 bits per heavy atom. The molecule has 0 fully saturated rings. The number of benzene rings is 2. The molecule has 0 aliphatic heterocycles. The van der Waals surface area contributed by atoms with E-state index in [0.29, 0.717) is 11.4 Å². The van der Waals surface area contributed by atoms with Gasteiger partial charge >= 0.3 is 0 Å². The largest absolute Gasteiger partial charge is 0.509 e. The topological polar surface area (TPSA) is 72.7 Å². The minimum atomic E-state index is -0.802. The summed E-state index contributed by atoms with van der Waals surface area (Å²) in [6.45, 7) is 0. The number of imidazole rings is 1. The number of rotatable bonds is 3. The monoisotopic (exact) mass is 309 g/mol. The summed E-state index contributed by atoms with van der Waals surface area (Å²) >= 11 is 6.28. The summed E-state index contributed by atoms with van der Waals surface area (Å²) in [4.78, 5) is 7.35. The molecule has 2 aromatic carbocycles. The molecule has 1 aromatic heterocycles. The number of halogens is 1. The van der Waals surface area contributed by atoms with E-state index >= 15 is 0 Å². The number of H-pyrrole nitrogens is 1. The van der Waals surface area contributed by atoms with Gasteiger partial charge in [-0.05, 0) is 17.7 Å². The molecular weight excluding hydrogens is 298 g/mol. The number of nitriles is 1. The Hall–Kier alpha value is -2.77. The van der Waals surface area contributed by atoms with Crippen LogP contribution in [0.4, 0.5) is 0 Å². The van der Waals surface area contributed by atoms with Crippen molar-refractivity contribution in [2.75, 3.05) is 0 Å². The lowest BCUT2D eigenvalue weighted by Crippen LogP contribution is -1.99. The lowest BCUT2D eigenvalue weighted by atomic mass is 10.1. The van der Waals surface area contributed by atoms with Crippen molar-refractivity contribution in [3.63, 3.8) is 0 Å². The van der Waals surface area contributed by atoms with Crippen LogP contribution < -0.4 is 0 Å². The highest BCUT2D eigenvalue weighted by molar-refractivity contribution is 6.23. The molecule has 0 saturated carbocycles. The molecule has 0 saturated heterocycles. The van der Waals surface area contributed by atoms with Gasteiger partial charge in [-0.3, -0.25) is 0 Å². The van der Waals surface area contributed by atoms with Gasteiger partial charge in [-0.15, -0.1) is 11.6 Å². The van der Waals surface area contributed by atoms with E-state index in [4.69, 9.17) is 11.6 Å². The van der Waals surface area contributed by atoms with Gasteiger partial charge in [0.25, 0.3) is 0 Å². The van der Waals surface area contributed by atoms with Crippen LogP contribution in [-0.2, 0) is 0 Å². The Morgan fingerprint density at radius 3 is 2.50 bits per heavy atom. The molecule has 1 heterocycles. The first-order valence-corrected chi connectivity index (χ1v) is 7.11. The second-order valence-corrected chi connectivity index (χ2v) is 5.18. The Labute approximate surface area is 132 Å². The molecule has 22 heavy (non-hydrogen) atoms. The Morgan fingerprint density at radius 1 is 1.14 bits per heavy atom. The third kappa shape index (κ3) is 2.54. The summed E-state index contributed by atoms with van der Waals surface area (Å²) in [6, 6.07) is 18.5. The van der Waals surface area contributed by atoms with E-state index in [1.54, 1.807) is 12.1 Å². The van der Waals surface area contributed by atoms with E-state index in [0.717, 1.165) is 11.0 Å². The number of nitrogens with one attached hydrogen (secondary N) is 1. The maximum absolute atomic E-state index is 10.4. The highest BCUT2D eigenvalue weighted by Gasteiger charge is 2.20. The first-order valence-electron chi connectivity index (χ1n) is 6.68. The van der Waals surface area contributed by atoms with Crippen LogP contribution in [0.3, 0.4) is 0 Å². The first-order chi connectivity index (χ1) is 10.7. The van der Waals surface area contributed by atoms with Gasteiger partial charge in [-0.2, -0.15) is 5.26 Å². The number of hydrogen-bond acceptors (Lipinski definition) is 3. The predicted octanol–water partition coefficient (Wildman–Crippen LogP) is 4.34. The number of alkyl halides is 1. The standard InChI is InChI=1S/C17H12ClN3O/c18-15(11-6-2-1-3-7-11)16(22)12(10-19)17-20-13-8-4-5-9-14(13)21-17/h1-9,15,22H,(H,20,21)/b16-12-/t15-/m0/s1. The number of aliphatic hydroxyl groups excluding tert-OH is 1. The van der Waals surface area contributed by atoms with Crippen molar-refractivity contribution in [3.8, 4) is 6.07 Å². The molecule has 0 unspecified atom stereocenters. The van der Waals surface area contributed by atoms with Crippen LogP contribution in [0.5, 0.6) is 0 Å². The van der Waals surface area contributed by atoms with Gasteiger partial charge in [0.05, 0.1) is 11.0 Å². The second-order valence-electron chi connectivity index (χ2n) is 4.75. The van der Waals surface area contributed by atoms with Gasteiger partial charge in [0.2, 0.25) is 0 Å². The van der Waals surface area contributed by atoms with Crippen LogP contribution in [-0.4, -0.2) is 15.1 Å². The SMILES string of the molecule is N#C/C(=C(/O)[C@@H](Cl)c1ccccc1)c1nc2ccccc2[nH]1. The molecule has 0 spiro atoms. The van der Waals surface area contributed by atoms with E-state index in [1.165, 1.54) is 0 Å². The molecule has 4 nitrogen and oxygen atoms in total. The number of aromatic nitrogens is 2. The third-order valence-electron chi connectivity index (χ3n) is 3.33.